The Hall–Kier alpha value is -1.64. The summed E-state index contributed by atoms with van der Waals surface area (Å²) in [5.41, 5.74) is 0. The van der Waals surface area contributed by atoms with Crippen molar-refractivity contribution in [2.75, 3.05) is 45.9 Å². The molecule has 0 bridgehead atoms. The fourth-order valence-electron chi connectivity index (χ4n) is 3.71. The second-order valence-electron chi connectivity index (χ2n) is 7.05. The molecular formula is C19H29N3O4S. The zero-order valence-corrected chi connectivity index (χ0v) is 17.0. The van der Waals surface area contributed by atoms with Gasteiger partial charge in [-0.3, -0.25) is 9.69 Å². The standard InChI is InChI=1S/C19H29N3O4S/c1-3-26-17-6-8-18(9-7-17)27(24,25)22-14-12-20(13-15-22)16(2)19(23)21-10-4-5-11-21/h6-9,16H,3-5,10-15H2,1-2H3/t16-/m0/s1. The minimum absolute atomic E-state index is 0.162. The number of ether oxygens (including phenoxy) is 1. The van der Waals surface area contributed by atoms with E-state index in [-0.39, 0.29) is 16.8 Å². The number of hydrogen-bond donors (Lipinski definition) is 0. The molecule has 0 unspecified atom stereocenters. The first-order valence-corrected chi connectivity index (χ1v) is 11.1. The van der Waals surface area contributed by atoms with Crippen LogP contribution in [0.5, 0.6) is 5.75 Å². The van der Waals surface area contributed by atoms with Crippen molar-refractivity contribution in [3.05, 3.63) is 24.3 Å². The van der Waals surface area contributed by atoms with Gasteiger partial charge in [0.15, 0.2) is 0 Å². The minimum Gasteiger partial charge on any atom is -0.494 e. The van der Waals surface area contributed by atoms with E-state index in [1.807, 2.05) is 18.7 Å². The van der Waals surface area contributed by atoms with Crippen LogP contribution in [0.2, 0.25) is 0 Å². The van der Waals surface area contributed by atoms with Gasteiger partial charge in [-0.1, -0.05) is 0 Å². The molecule has 0 radical (unpaired) electrons. The van der Waals surface area contributed by atoms with Crippen LogP contribution in [-0.4, -0.2) is 80.3 Å². The monoisotopic (exact) mass is 395 g/mol. The Morgan fingerprint density at radius 2 is 1.63 bits per heavy atom. The van der Waals surface area contributed by atoms with Crippen molar-refractivity contribution < 1.29 is 17.9 Å². The molecular weight excluding hydrogens is 366 g/mol. The topological polar surface area (TPSA) is 70.2 Å². The Morgan fingerprint density at radius 3 is 2.19 bits per heavy atom. The lowest BCUT2D eigenvalue weighted by atomic mass is 10.2. The number of benzene rings is 1. The number of sulfonamides is 1. The molecule has 2 heterocycles. The van der Waals surface area contributed by atoms with E-state index in [4.69, 9.17) is 4.74 Å². The molecule has 1 aromatic carbocycles. The summed E-state index contributed by atoms with van der Waals surface area (Å²) in [6.07, 6.45) is 2.15. The molecule has 27 heavy (non-hydrogen) atoms. The molecule has 1 atom stereocenters. The molecule has 0 saturated carbocycles. The zero-order valence-electron chi connectivity index (χ0n) is 16.1. The smallest absolute Gasteiger partial charge is 0.243 e. The summed E-state index contributed by atoms with van der Waals surface area (Å²) in [5, 5.41) is 0. The Labute approximate surface area is 161 Å². The van der Waals surface area contributed by atoms with Gasteiger partial charge in [-0.2, -0.15) is 4.31 Å². The molecule has 150 valence electrons. The SMILES string of the molecule is CCOc1ccc(S(=O)(=O)N2CCN([C@@H](C)C(=O)N3CCCC3)CC2)cc1. The number of rotatable bonds is 6. The van der Waals surface area contributed by atoms with Crippen molar-refractivity contribution in [3.63, 3.8) is 0 Å². The maximum atomic E-state index is 12.9. The molecule has 0 N–H and O–H groups in total. The van der Waals surface area contributed by atoms with Gasteiger partial charge in [0.05, 0.1) is 17.5 Å². The number of nitrogens with zero attached hydrogens (tertiary/aromatic N) is 3. The van der Waals surface area contributed by atoms with Crippen LogP contribution in [0.25, 0.3) is 0 Å². The van der Waals surface area contributed by atoms with E-state index < -0.39 is 10.0 Å². The Bertz CT molecular complexity index is 737. The molecule has 7 nitrogen and oxygen atoms in total. The van der Waals surface area contributed by atoms with Gasteiger partial charge in [0.25, 0.3) is 0 Å². The summed E-state index contributed by atoms with van der Waals surface area (Å²) < 4.78 is 32.6. The van der Waals surface area contributed by atoms with Gasteiger partial charge >= 0.3 is 0 Å². The van der Waals surface area contributed by atoms with Gasteiger partial charge in [-0.25, -0.2) is 8.42 Å². The second kappa shape index (κ2) is 8.58. The second-order valence-corrected chi connectivity index (χ2v) is 8.99. The van der Waals surface area contributed by atoms with Crippen LogP contribution in [0.1, 0.15) is 26.7 Å². The van der Waals surface area contributed by atoms with E-state index in [1.165, 1.54) is 4.31 Å². The Morgan fingerprint density at radius 1 is 1.04 bits per heavy atom. The van der Waals surface area contributed by atoms with Crippen LogP contribution in [-0.2, 0) is 14.8 Å². The zero-order chi connectivity index (χ0) is 19.4. The molecule has 3 rings (SSSR count). The van der Waals surface area contributed by atoms with Crippen molar-refractivity contribution in [2.24, 2.45) is 0 Å². The molecule has 0 spiro atoms. The van der Waals surface area contributed by atoms with Gasteiger partial charge in [-0.15, -0.1) is 0 Å². The number of carbonyl (C=O) groups is 1. The van der Waals surface area contributed by atoms with Crippen LogP contribution >= 0.6 is 0 Å². The number of amides is 1. The fraction of sp³-hybridized carbons (Fsp3) is 0.632. The van der Waals surface area contributed by atoms with Crippen molar-refractivity contribution in [3.8, 4) is 5.75 Å². The largest absolute Gasteiger partial charge is 0.494 e. The normalized spacial score (nSPS) is 20.6. The van der Waals surface area contributed by atoms with Crippen LogP contribution in [0.4, 0.5) is 0 Å². The van der Waals surface area contributed by atoms with Crippen molar-refractivity contribution in [2.45, 2.75) is 37.6 Å². The number of carbonyl (C=O) groups excluding carboxylic acids is 1. The summed E-state index contributed by atoms with van der Waals surface area (Å²) >= 11 is 0. The first-order valence-electron chi connectivity index (χ1n) is 9.69. The number of piperazine rings is 1. The van der Waals surface area contributed by atoms with E-state index in [0.29, 0.717) is 38.5 Å². The highest BCUT2D eigenvalue weighted by atomic mass is 32.2. The van der Waals surface area contributed by atoms with E-state index >= 15 is 0 Å². The molecule has 2 saturated heterocycles. The molecule has 8 heteroatoms. The van der Waals surface area contributed by atoms with Crippen molar-refractivity contribution in [1.29, 1.82) is 0 Å². The van der Waals surface area contributed by atoms with Crippen LogP contribution < -0.4 is 4.74 Å². The highest BCUT2D eigenvalue weighted by Crippen LogP contribution is 2.22. The summed E-state index contributed by atoms with van der Waals surface area (Å²) in [4.78, 5) is 16.9. The average molecular weight is 396 g/mol. The average Bonchev–Trinajstić information content (AvgIpc) is 3.22. The Balaban J connectivity index is 1.59. The third-order valence-electron chi connectivity index (χ3n) is 5.37. The van der Waals surface area contributed by atoms with Gasteiger partial charge in [0, 0.05) is 39.3 Å². The lowest BCUT2D eigenvalue weighted by molar-refractivity contribution is -0.135. The van der Waals surface area contributed by atoms with Gasteiger partial charge < -0.3 is 9.64 Å². The lowest BCUT2D eigenvalue weighted by Gasteiger charge is -2.37. The van der Waals surface area contributed by atoms with Gasteiger partial charge in [0.2, 0.25) is 15.9 Å². The van der Waals surface area contributed by atoms with Crippen LogP contribution in [0.3, 0.4) is 0 Å². The summed E-state index contributed by atoms with van der Waals surface area (Å²) in [6, 6.07) is 6.35. The summed E-state index contributed by atoms with van der Waals surface area (Å²) in [5.74, 6) is 0.825. The highest BCUT2D eigenvalue weighted by molar-refractivity contribution is 7.89. The van der Waals surface area contributed by atoms with E-state index in [2.05, 4.69) is 4.90 Å². The first kappa shape index (κ1) is 20.1. The molecule has 0 aromatic heterocycles. The van der Waals surface area contributed by atoms with Crippen LogP contribution in [0, 0.1) is 0 Å². The summed E-state index contributed by atoms with van der Waals surface area (Å²) in [7, 11) is -3.52. The number of likely N-dealkylation sites (tertiary alicyclic amines) is 1. The van der Waals surface area contributed by atoms with E-state index in [0.717, 1.165) is 25.9 Å². The maximum Gasteiger partial charge on any atom is 0.243 e. The third-order valence-corrected chi connectivity index (χ3v) is 7.28. The predicted molar refractivity (Wildman–Crippen MR) is 103 cm³/mol. The molecule has 2 aliphatic rings. The lowest BCUT2D eigenvalue weighted by Crippen LogP contribution is -2.55. The highest BCUT2D eigenvalue weighted by Gasteiger charge is 2.33. The van der Waals surface area contributed by atoms with Crippen LogP contribution in [0.15, 0.2) is 29.2 Å². The van der Waals surface area contributed by atoms with Gasteiger partial charge in [0.1, 0.15) is 5.75 Å². The fourth-order valence-corrected chi connectivity index (χ4v) is 5.13. The molecule has 1 amide bonds. The van der Waals surface area contributed by atoms with Crippen molar-refractivity contribution >= 4 is 15.9 Å². The molecule has 0 aliphatic carbocycles. The first-order chi connectivity index (χ1) is 12.9. The minimum atomic E-state index is -3.52. The van der Waals surface area contributed by atoms with Crippen molar-refractivity contribution in [1.82, 2.24) is 14.1 Å². The molecule has 1 aromatic rings. The summed E-state index contributed by atoms with van der Waals surface area (Å²) in [6.45, 7) is 7.97. The third kappa shape index (κ3) is 4.44. The molecule has 2 aliphatic heterocycles. The Kier molecular flexibility index (Phi) is 6.39. The van der Waals surface area contributed by atoms with E-state index in [9.17, 15) is 13.2 Å². The number of hydrogen-bond acceptors (Lipinski definition) is 5. The predicted octanol–water partition coefficient (Wildman–Crippen LogP) is 1.40. The van der Waals surface area contributed by atoms with Gasteiger partial charge in [-0.05, 0) is 51.0 Å². The molecule has 2 fully saturated rings. The maximum absolute atomic E-state index is 12.9. The van der Waals surface area contributed by atoms with E-state index in [1.54, 1.807) is 24.3 Å². The quantitative estimate of drug-likeness (QED) is 0.728.